The van der Waals surface area contributed by atoms with Gasteiger partial charge in [0.2, 0.25) is 5.88 Å². The van der Waals surface area contributed by atoms with Gasteiger partial charge in [0.15, 0.2) is 0 Å². The molecule has 1 aliphatic heterocycles. The number of hydrogen-bond donors (Lipinski definition) is 1. The third-order valence-electron chi connectivity index (χ3n) is 6.55. The molecule has 1 aromatic heterocycles. The maximum Gasteiger partial charge on any atom is 0.259 e. The van der Waals surface area contributed by atoms with Gasteiger partial charge in [-0.05, 0) is 37.3 Å². The average Bonchev–Trinajstić information content (AvgIpc) is 2.93. The van der Waals surface area contributed by atoms with Crippen molar-refractivity contribution in [1.82, 2.24) is 14.8 Å². The van der Waals surface area contributed by atoms with Crippen LogP contribution in [0.25, 0.3) is 0 Å². The lowest BCUT2D eigenvalue weighted by Gasteiger charge is -2.37. The van der Waals surface area contributed by atoms with Gasteiger partial charge in [-0.3, -0.25) is 9.59 Å². The zero-order valence-electron chi connectivity index (χ0n) is 21.6. The number of aliphatic hydroxyl groups excluding tert-OH is 1. The van der Waals surface area contributed by atoms with Crippen molar-refractivity contribution in [3.8, 4) is 17.7 Å². The van der Waals surface area contributed by atoms with Gasteiger partial charge in [0.05, 0.1) is 24.8 Å². The summed E-state index contributed by atoms with van der Waals surface area (Å²) in [5, 5.41) is 9.85. The van der Waals surface area contributed by atoms with Gasteiger partial charge in [-0.25, -0.2) is 9.37 Å². The molecule has 3 aromatic rings. The summed E-state index contributed by atoms with van der Waals surface area (Å²) in [6.45, 7) is 3.88. The zero-order chi connectivity index (χ0) is 27.2. The van der Waals surface area contributed by atoms with E-state index < -0.39 is 23.9 Å². The molecule has 0 bridgehead atoms. The molecule has 4 rings (SSSR count). The average molecular weight is 516 g/mol. The quantitative estimate of drug-likeness (QED) is 0.525. The molecule has 0 unspecified atom stereocenters. The van der Waals surface area contributed by atoms with E-state index in [1.807, 2.05) is 37.3 Å². The molecule has 0 spiro atoms. The van der Waals surface area contributed by atoms with Crippen LogP contribution in [0.1, 0.15) is 45.7 Å². The summed E-state index contributed by atoms with van der Waals surface area (Å²) < 4.78 is 20.5. The van der Waals surface area contributed by atoms with E-state index in [0.29, 0.717) is 5.56 Å². The minimum Gasteiger partial charge on any atom is -0.472 e. The molecular formula is C30H30FN3O4. The lowest BCUT2D eigenvalue weighted by Crippen LogP contribution is -2.50. The number of fused-ring (bicyclic) bond motifs is 1. The molecule has 2 amide bonds. The number of carbonyl (C=O) groups is 2. The maximum absolute atomic E-state index is 14.2. The minimum absolute atomic E-state index is 0.0284. The molecule has 0 aliphatic carbocycles. The van der Waals surface area contributed by atoms with E-state index in [0.717, 1.165) is 5.56 Å². The monoisotopic (exact) mass is 515 g/mol. The number of amides is 2. The number of hydrogen-bond acceptors (Lipinski definition) is 5. The van der Waals surface area contributed by atoms with E-state index >= 15 is 0 Å². The molecule has 38 heavy (non-hydrogen) atoms. The van der Waals surface area contributed by atoms with Crippen molar-refractivity contribution >= 4 is 11.8 Å². The minimum atomic E-state index is -0.597. The second-order valence-electron chi connectivity index (χ2n) is 9.48. The summed E-state index contributed by atoms with van der Waals surface area (Å²) in [6.07, 6.45) is 0.990. The predicted molar refractivity (Wildman–Crippen MR) is 141 cm³/mol. The summed E-state index contributed by atoms with van der Waals surface area (Å²) in [6, 6.07) is 16.5. The van der Waals surface area contributed by atoms with Gasteiger partial charge in [0.1, 0.15) is 17.5 Å². The Labute approximate surface area is 221 Å². The van der Waals surface area contributed by atoms with Crippen molar-refractivity contribution in [3.05, 3.63) is 94.9 Å². The Kier molecular flexibility index (Phi) is 8.39. The van der Waals surface area contributed by atoms with Crippen LogP contribution in [-0.2, 0) is 0 Å². The molecule has 3 atom stereocenters. The fourth-order valence-electron chi connectivity index (χ4n) is 4.25. The van der Waals surface area contributed by atoms with Gasteiger partial charge in [-0.1, -0.05) is 49.1 Å². The molecule has 7 nitrogen and oxygen atoms in total. The highest BCUT2D eigenvalue weighted by Gasteiger charge is 2.35. The van der Waals surface area contributed by atoms with Crippen molar-refractivity contribution in [3.63, 3.8) is 0 Å². The van der Waals surface area contributed by atoms with E-state index in [9.17, 15) is 19.1 Å². The van der Waals surface area contributed by atoms with Crippen molar-refractivity contribution < 1.29 is 23.8 Å². The van der Waals surface area contributed by atoms with E-state index in [4.69, 9.17) is 4.74 Å². The third kappa shape index (κ3) is 6.01. The molecule has 0 fully saturated rings. The fraction of sp³-hybridized carbons (Fsp3) is 0.300. The summed E-state index contributed by atoms with van der Waals surface area (Å²) in [5.41, 5.74) is 1.57. The van der Waals surface area contributed by atoms with Gasteiger partial charge < -0.3 is 19.6 Å². The van der Waals surface area contributed by atoms with Crippen LogP contribution in [0.15, 0.2) is 66.9 Å². The topological polar surface area (TPSA) is 83.0 Å². The Morgan fingerprint density at radius 3 is 2.58 bits per heavy atom. The van der Waals surface area contributed by atoms with Crippen LogP contribution in [0.2, 0.25) is 0 Å². The van der Waals surface area contributed by atoms with Crippen molar-refractivity contribution in [2.75, 3.05) is 26.7 Å². The molecule has 8 heteroatoms. The number of aliphatic hydroxyl groups is 1. The van der Waals surface area contributed by atoms with E-state index in [1.165, 1.54) is 23.1 Å². The van der Waals surface area contributed by atoms with Crippen molar-refractivity contribution in [2.24, 2.45) is 5.92 Å². The molecule has 1 aliphatic rings. The number of likely N-dealkylation sites (N-methyl/N-ethyl adjacent to an activating group) is 1. The lowest BCUT2D eigenvalue weighted by atomic mass is 9.99. The number of halogens is 1. The van der Waals surface area contributed by atoms with Gasteiger partial charge >= 0.3 is 0 Å². The molecule has 0 radical (unpaired) electrons. The lowest BCUT2D eigenvalue weighted by molar-refractivity contribution is 0.0312. The highest BCUT2D eigenvalue weighted by Crippen LogP contribution is 2.27. The van der Waals surface area contributed by atoms with Crippen LogP contribution < -0.4 is 4.74 Å². The van der Waals surface area contributed by atoms with Crippen LogP contribution in [0, 0.1) is 23.6 Å². The van der Waals surface area contributed by atoms with Gasteiger partial charge in [-0.2, -0.15) is 0 Å². The Morgan fingerprint density at radius 2 is 1.87 bits per heavy atom. The SMILES string of the molecule is C[C@@H]1CN([C@H](C)CO)C(=O)c2cc(C#Cc3ccccc3)cnc2O[C@@H]1CN(C)C(=O)c1ccccc1F. The smallest absolute Gasteiger partial charge is 0.259 e. The Hall–Kier alpha value is -4.22. The predicted octanol–water partition coefficient (Wildman–Crippen LogP) is 3.61. The first-order chi connectivity index (χ1) is 18.3. The second kappa shape index (κ2) is 11.9. The Balaban J connectivity index is 1.66. The number of benzene rings is 2. The molecule has 196 valence electrons. The first-order valence-corrected chi connectivity index (χ1v) is 12.4. The maximum atomic E-state index is 14.2. The van der Waals surface area contributed by atoms with Crippen LogP contribution in [0.3, 0.4) is 0 Å². The number of ether oxygens (including phenoxy) is 1. The van der Waals surface area contributed by atoms with E-state index in [2.05, 4.69) is 16.8 Å². The summed E-state index contributed by atoms with van der Waals surface area (Å²) >= 11 is 0. The zero-order valence-corrected chi connectivity index (χ0v) is 21.6. The van der Waals surface area contributed by atoms with E-state index in [-0.39, 0.29) is 48.5 Å². The van der Waals surface area contributed by atoms with Crippen LogP contribution >= 0.6 is 0 Å². The van der Waals surface area contributed by atoms with Gasteiger partial charge in [-0.15, -0.1) is 0 Å². The standard InChI is InChI=1S/C30H30FN3O4/c1-20-17-34(21(2)19-35)30(37)25-15-23(14-13-22-9-5-4-6-10-22)16-32-28(25)38-27(20)18-33(3)29(36)24-11-7-8-12-26(24)31/h4-12,15-16,20-21,27,35H,17-19H2,1-3H3/t20-,21-,27-/m1/s1. The molecular weight excluding hydrogens is 485 g/mol. The molecule has 2 aromatic carbocycles. The third-order valence-corrected chi connectivity index (χ3v) is 6.55. The van der Waals surface area contributed by atoms with Crippen molar-refractivity contribution in [1.29, 1.82) is 0 Å². The normalized spacial score (nSPS) is 17.7. The van der Waals surface area contributed by atoms with Crippen LogP contribution in [-0.4, -0.2) is 70.6 Å². The van der Waals surface area contributed by atoms with Crippen LogP contribution in [0.5, 0.6) is 5.88 Å². The van der Waals surface area contributed by atoms with Crippen molar-refractivity contribution in [2.45, 2.75) is 26.0 Å². The number of aromatic nitrogens is 1. The Morgan fingerprint density at radius 1 is 1.18 bits per heavy atom. The largest absolute Gasteiger partial charge is 0.472 e. The summed E-state index contributed by atoms with van der Waals surface area (Å²) in [5.74, 6) is 4.61. The van der Waals surface area contributed by atoms with Gasteiger partial charge in [0, 0.05) is 36.8 Å². The molecule has 0 saturated heterocycles. The number of rotatable bonds is 5. The van der Waals surface area contributed by atoms with E-state index in [1.54, 1.807) is 37.2 Å². The second-order valence-corrected chi connectivity index (χ2v) is 9.48. The highest BCUT2D eigenvalue weighted by molar-refractivity contribution is 5.97. The number of nitrogens with zero attached hydrogens (tertiary/aromatic N) is 3. The number of carbonyl (C=O) groups excluding carboxylic acids is 2. The Bertz CT molecular complexity index is 1370. The summed E-state index contributed by atoms with van der Waals surface area (Å²) in [7, 11) is 1.58. The first-order valence-electron chi connectivity index (χ1n) is 12.4. The van der Waals surface area contributed by atoms with Gasteiger partial charge in [0.25, 0.3) is 11.8 Å². The number of pyridine rings is 1. The molecule has 1 N–H and O–H groups in total. The fourth-order valence-corrected chi connectivity index (χ4v) is 4.25. The molecule has 2 heterocycles. The van der Waals surface area contributed by atoms with Crippen LogP contribution in [0.4, 0.5) is 4.39 Å². The summed E-state index contributed by atoms with van der Waals surface area (Å²) in [4.78, 5) is 33.9. The highest BCUT2D eigenvalue weighted by atomic mass is 19.1. The molecule has 0 saturated carbocycles. The first kappa shape index (κ1) is 26.8.